The molecule has 0 saturated heterocycles. The average Bonchev–Trinajstić information content (AvgIpc) is 2.99. The highest BCUT2D eigenvalue weighted by Gasteiger charge is 2.02. The van der Waals surface area contributed by atoms with Crippen molar-refractivity contribution in [1.29, 1.82) is 0 Å². The number of ether oxygens (including phenoxy) is 4. The Morgan fingerprint density at radius 2 is 1.14 bits per heavy atom. The number of carbonyl (C=O) groups is 2. The number of aliphatic carboxylic acids is 1. The molecule has 0 aliphatic carbocycles. The number of rotatable bonds is 19. The standard InChI is InChI=1S/C13H17IN4O3.C7H13N3O4.C6H6IN/c14-11-1-3-12(4-2-11)17-13(19)5-7-20-9-10-21-8-6-16-18-15;8-10-9-2-4-14-6-5-13-3-1-7(11)12;7-5-1-3-6(8)4-2-5/h1-4H,5-10H2,(H,17,19);1-6H2,(H,11,12);1-4H,8H2. The summed E-state index contributed by atoms with van der Waals surface area (Å²) in [4.78, 5) is 26.8. The van der Waals surface area contributed by atoms with Gasteiger partial charge in [0.15, 0.2) is 0 Å². The molecule has 0 radical (unpaired) electrons. The molecule has 17 heteroatoms. The number of anilines is 2. The third-order valence-electron chi connectivity index (χ3n) is 4.47. The van der Waals surface area contributed by atoms with E-state index in [1.807, 2.05) is 48.5 Å². The molecule has 0 aliphatic heterocycles. The summed E-state index contributed by atoms with van der Waals surface area (Å²) in [6.07, 6.45) is 0.295. The molecule has 0 unspecified atom stereocenters. The first-order chi connectivity index (χ1) is 20.8. The number of halogens is 2. The largest absolute Gasteiger partial charge is 0.481 e. The van der Waals surface area contributed by atoms with Gasteiger partial charge in [0.2, 0.25) is 5.91 Å². The number of hydrogen-bond acceptors (Lipinski definition) is 9. The lowest BCUT2D eigenvalue weighted by Crippen LogP contribution is -2.15. The van der Waals surface area contributed by atoms with Crippen LogP contribution < -0.4 is 11.1 Å². The smallest absolute Gasteiger partial charge is 0.305 e. The highest BCUT2D eigenvalue weighted by Crippen LogP contribution is 2.11. The van der Waals surface area contributed by atoms with Gasteiger partial charge in [0.25, 0.3) is 0 Å². The van der Waals surface area contributed by atoms with Crippen LogP contribution in [0.2, 0.25) is 0 Å². The van der Waals surface area contributed by atoms with Gasteiger partial charge in [-0.1, -0.05) is 10.2 Å². The number of benzene rings is 2. The number of amides is 1. The quantitative estimate of drug-likeness (QED) is 0.0400. The van der Waals surface area contributed by atoms with Crippen molar-refractivity contribution >= 4 is 68.4 Å². The Labute approximate surface area is 277 Å². The third kappa shape index (κ3) is 29.0. The van der Waals surface area contributed by atoms with E-state index in [2.05, 4.69) is 70.6 Å². The van der Waals surface area contributed by atoms with Gasteiger partial charge in [-0.2, -0.15) is 0 Å². The molecule has 0 spiro atoms. The van der Waals surface area contributed by atoms with Crippen molar-refractivity contribution in [2.75, 3.05) is 77.0 Å². The fourth-order valence-electron chi connectivity index (χ4n) is 2.49. The van der Waals surface area contributed by atoms with Gasteiger partial charge < -0.3 is 35.1 Å². The minimum Gasteiger partial charge on any atom is -0.481 e. The maximum absolute atomic E-state index is 11.6. The second kappa shape index (κ2) is 29.2. The lowest BCUT2D eigenvalue weighted by molar-refractivity contribution is -0.138. The van der Waals surface area contributed by atoms with Crippen molar-refractivity contribution in [3.05, 3.63) is 76.6 Å². The number of nitrogens with one attached hydrogen (secondary N) is 1. The molecule has 0 fully saturated rings. The lowest BCUT2D eigenvalue weighted by atomic mass is 10.3. The van der Waals surface area contributed by atoms with Gasteiger partial charge in [-0.05, 0) is 105 Å². The Balaban J connectivity index is 0.000000685. The summed E-state index contributed by atoms with van der Waals surface area (Å²) >= 11 is 4.45. The van der Waals surface area contributed by atoms with Crippen molar-refractivity contribution in [1.82, 2.24) is 0 Å². The van der Waals surface area contributed by atoms with E-state index in [0.717, 1.165) is 14.9 Å². The van der Waals surface area contributed by atoms with Gasteiger partial charge in [0.1, 0.15) is 0 Å². The summed E-state index contributed by atoms with van der Waals surface area (Å²) in [5.74, 6) is -0.963. The highest BCUT2D eigenvalue weighted by molar-refractivity contribution is 14.1. The van der Waals surface area contributed by atoms with E-state index in [-0.39, 0.29) is 18.9 Å². The zero-order valence-corrected chi connectivity index (χ0v) is 27.8. The molecule has 2 aromatic carbocycles. The molecule has 0 bridgehead atoms. The molecule has 15 nitrogen and oxygen atoms in total. The number of nitrogen functional groups attached to an aromatic ring is 1. The second-order valence-electron chi connectivity index (χ2n) is 7.86. The van der Waals surface area contributed by atoms with E-state index in [4.69, 9.17) is 40.8 Å². The summed E-state index contributed by atoms with van der Waals surface area (Å²) in [7, 11) is 0. The first kappa shape index (κ1) is 40.1. The molecule has 43 heavy (non-hydrogen) atoms. The number of nitrogens with zero attached hydrogens (tertiary/aromatic N) is 6. The number of hydrogen-bond donors (Lipinski definition) is 3. The lowest BCUT2D eigenvalue weighted by Gasteiger charge is -2.06. The van der Waals surface area contributed by atoms with Crippen LogP contribution in [0, 0.1) is 7.14 Å². The molecule has 236 valence electrons. The SMILES string of the molecule is Nc1ccc(I)cc1.[N-]=[N+]=NCCOCCOCCC(=O)Nc1ccc(I)cc1.[N-]=[N+]=NCCOCCOCCC(=O)O. The van der Waals surface area contributed by atoms with E-state index >= 15 is 0 Å². The maximum atomic E-state index is 11.6. The summed E-state index contributed by atoms with van der Waals surface area (Å²) in [5.41, 5.74) is 23.0. The van der Waals surface area contributed by atoms with E-state index < -0.39 is 5.97 Å². The first-order valence-corrected chi connectivity index (χ1v) is 15.0. The molecule has 0 saturated carbocycles. The fraction of sp³-hybridized carbons (Fsp3) is 0.462. The van der Waals surface area contributed by atoms with Gasteiger partial charge >= 0.3 is 5.97 Å². The zero-order valence-electron chi connectivity index (χ0n) is 23.5. The number of azide groups is 2. The Bertz CT molecular complexity index is 1090. The van der Waals surface area contributed by atoms with Crippen molar-refractivity contribution in [2.24, 2.45) is 10.2 Å². The van der Waals surface area contributed by atoms with Gasteiger partial charge in [-0.15, -0.1) is 0 Å². The zero-order chi connectivity index (χ0) is 32.0. The van der Waals surface area contributed by atoms with Crippen LogP contribution >= 0.6 is 45.2 Å². The molecule has 0 aliphatic rings. The van der Waals surface area contributed by atoms with Crippen LogP contribution in [0.4, 0.5) is 11.4 Å². The molecule has 4 N–H and O–H groups in total. The number of carbonyl (C=O) groups excluding carboxylic acids is 1. The average molecular weight is 826 g/mol. The van der Waals surface area contributed by atoms with Crippen LogP contribution in [-0.2, 0) is 28.5 Å². The van der Waals surface area contributed by atoms with E-state index in [1.54, 1.807) is 0 Å². The van der Waals surface area contributed by atoms with Crippen molar-refractivity contribution < 1.29 is 33.6 Å². The first-order valence-electron chi connectivity index (χ1n) is 12.9. The third-order valence-corrected chi connectivity index (χ3v) is 5.91. The predicted molar refractivity (Wildman–Crippen MR) is 180 cm³/mol. The second-order valence-corrected chi connectivity index (χ2v) is 10.4. The molecule has 0 aromatic heterocycles. The molecular weight excluding hydrogens is 790 g/mol. The molecule has 0 atom stereocenters. The Morgan fingerprint density at radius 3 is 1.56 bits per heavy atom. The molecule has 2 rings (SSSR count). The number of carboxylic acid groups (broad SMARTS) is 1. The maximum Gasteiger partial charge on any atom is 0.305 e. The van der Waals surface area contributed by atoms with Gasteiger partial charge in [-0.25, -0.2) is 0 Å². The Morgan fingerprint density at radius 1 is 0.721 bits per heavy atom. The van der Waals surface area contributed by atoms with E-state index in [0.29, 0.717) is 65.8 Å². The fourth-order valence-corrected chi connectivity index (χ4v) is 3.21. The molecular formula is C26H36I2N8O7. The highest BCUT2D eigenvalue weighted by atomic mass is 127. The Kier molecular flexibility index (Phi) is 27.2. The van der Waals surface area contributed by atoms with Crippen LogP contribution in [0.3, 0.4) is 0 Å². The minimum atomic E-state index is -0.880. The van der Waals surface area contributed by atoms with Crippen LogP contribution in [0.25, 0.3) is 20.9 Å². The summed E-state index contributed by atoms with van der Waals surface area (Å²) in [6.45, 7) is 3.43. The van der Waals surface area contributed by atoms with E-state index in [9.17, 15) is 9.59 Å². The Hall–Kier alpha value is -2.90. The molecule has 0 heterocycles. The number of carboxylic acids is 1. The summed E-state index contributed by atoms with van der Waals surface area (Å²) < 4.78 is 22.7. The van der Waals surface area contributed by atoms with Gasteiger partial charge in [-0.3, -0.25) is 9.59 Å². The minimum absolute atomic E-state index is 0.00126. The van der Waals surface area contributed by atoms with Crippen molar-refractivity contribution in [3.63, 3.8) is 0 Å². The van der Waals surface area contributed by atoms with E-state index in [1.165, 1.54) is 3.57 Å². The monoisotopic (exact) mass is 826 g/mol. The van der Waals surface area contributed by atoms with Gasteiger partial charge in [0.05, 0.1) is 65.7 Å². The van der Waals surface area contributed by atoms with Crippen LogP contribution in [0.15, 0.2) is 58.8 Å². The predicted octanol–water partition coefficient (Wildman–Crippen LogP) is 5.64. The van der Waals surface area contributed by atoms with Crippen LogP contribution in [0.5, 0.6) is 0 Å². The summed E-state index contributed by atoms with van der Waals surface area (Å²) in [6, 6.07) is 15.3. The topological polar surface area (TPSA) is 227 Å². The number of nitrogens with two attached hydrogens (primary N) is 1. The van der Waals surface area contributed by atoms with Crippen LogP contribution in [0.1, 0.15) is 12.8 Å². The van der Waals surface area contributed by atoms with Gasteiger partial charge in [0, 0.05) is 41.4 Å². The van der Waals surface area contributed by atoms with Crippen molar-refractivity contribution in [3.8, 4) is 0 Å². The molecule has 2 aromatic rings. The van der Waals surface area contributed by atoms with Crippen molar-refractivity contribution in [2.45, 2.75) is 12.8 Å². The van der Waals surface area contributed by atoms with Crippen LogP contribution in [-0.4, -0.2) is 82.9 Å². The molecule has 1 amide bonds. The summed E-state index contributed by atoms with van der Waals surface area (Å²) in [5, 5.41) is 17.7. The normalized spacial score (nSPS) is 9.63.